The zero-order valence-electron chi connectivity index (χ0n) is 9.05. The van der Waals surface area contributed by atoms with Crippen molar-refractivity contribution in [3.05, 3.63) is 12.3 Å². The van der Waals surface area contributed by atoms with E-state index in [0.717, 1.165) is 0 Å². The van der Waals surface area contributed by atoms with Gasteiger partial charge in [0.05, 0.1) is 26.9 Å². The topological polar surface area (TPSA) is 94.5 Å². The minimum atomic E-state index is -1.79. The molecular formula is C8H15BO7. The van der Waals surface area contributed by atoms with E-state index in [1.165, 1.54) is 7.11 Å². The van der Waals surface area contributed by atoms with Gasteiger partial charge in [-0.1, -0.05) is 0 Å². The molecule has 0 unspecified atom stereocenters. The van der Waals surface area contributed by atoms with E-state index in [9.17, 15) is 4.79 Å². The fourth-order valence-corrected chi connectivity index (χ4v) is 0.711. The molecule has 8 heteroatoms. The molecule has 0 saturated heterocycles. The predicted octanol–water partition coefficient (Wildman–Crippen LogP) is -1.31. The molecule has 0 rings (SSSR count). The molecule has 0 aliphatic heterocycles. The largest absolute Gasteiger partial charge is 0.633 e. The van der Waals surface area contributed by atoms with Crippen molar-refractivity contribution in [1.82, 2.24) is 0 Å². The fraction of sp³-hybridized carbons (Fsp3) is 0.625. The van der Waals surface area contributed by atoms with Crippen LogP contribution < -0.4 is 0 Å². The van der Waals surface area contributed by atoms with Gasteiger partial charge in [-0.2, -0.15) is 0 Å². The lowest BCUT2D eigenvalue weighted by Gasteiger charge is -2.07. The summed E-state index contributed by atoms with van der Waals surface area (Å²) in [5.74, 6) is -0.722. The third kappa shape index (κ3) is 8.24. The zero-order valence-corrected chi connectivity index (χ0v) is 9.05. The van der Waals surface area contributed by atoms with Crippen molar-refractivity contribution in [2.24, 2.45) is 0 Å². The molecule has 0 aromatic carbocycles. The van der Waals surface area contributed by atoms with E-state index in [1.54, 1.807) is 0 Å². The van der Waals surface area contributed by atoms with Crippen LogP contribution in [-0.4, -0.2) is 56.9 Å². The molecular weight excluding hydrogens is 219 g/mol. The molecule has 0 aliphatic carbocycles. The fourth-order valence-electron chi connectivity index (χ4n) is 0.711. The van der Waals surface area contributed by atoms with E-state index in [2.05, 4.69) is 16.0 Å². The molecule has 0 radical (unpaired) electrons. The van der Waals surface area contributed by atoms with E-state index in [1.807, 2.05) is 0 Å². The van der Waals surface area contributed by atoms with Gasteiger partial charge in [-0.15, -0.1) is 0 Å². The summed E-state index contributed by atoms with van der Waals surface area (Å²) in [6.45, 7) is 3.95. The lowest BCUT2D eigenvalue weighted by molar-refractivity contribution is -0.140. The van der Waals surface area contributed by atoms with Gasteiger partial charge in [0.15, 0.2) is 5.76 Å². The number of hydrogen-bond donors (Lipinski definition) is 2. The Kier molecular flexibility index (Phi) is 8.54. The summed E-state index contributed by atoms with van der Waals surface area (Å²) in [6, 6.07) is 0. The van der Waals surface area contributed by atoms with Gasteiger partial charge in [-0.25, -0.2) is 4.79 Å². The molecule has 2 N–H and O–H groups in total. The van der Waals surface area contributed by atoms with E-state index in [4.69, 9.17) is 19.5 Å². The average Bonchev–Trinajstić information content (AvgIpc) is 2.25. The first-order valence-corrected chi connectivity index (χ1v) is 4.53. The highest BCUT2D eigenvalue weighted by molar-refractivity contribution is 6.32. The van der Waals surface area contributed by atoms with Crippen molar-refractivity contribution in [2.45, 2.75) is 0 Å². The van der Waals surface area contributed by atoms with Gasteiger partial charge >= 0.3 is 13.3 Å². The highest BCUT2D eigenvalue weighted by Crippen LogP contribution is 1.95. The number of carbonyl (C=O) groups excluding carboxylic acids is 1. The van der Waals surface area contributed by atoms with Crippen LogP contribution in [0.1, 0.15) is 0 Å². The molecule has 0 aromatic rings. The second-order valence-corrected chi connectivity index (χ2v) is 2.57. The Bertz CT molecular complexity index is 218. The van der Waals surface area contributed by atoms with Gasteiger partial charge < -0.3 is 28.9 Å². The Hall–Kier alpha value is -1.09. The first-order valence-electron chi connectivity index (χ1n) is 4.53. The maximum absolute atomic E-state index is 10.8. The van der Waals surface area contributed by atoms with Crippen molar-refractivity contribution < 1.29 is 33.7 Å². The highest BCUT2D eigenvalue weighted by atomic mass is 16.6. The van der Waals surface area contributed by atoms with Gasteiger partial charge in [0.25, 0.3) is 0 Å². The van der Waals surface area contributed by atoms with E-state index < -0.39 is 13.3 Å². The highest BCUT2D eigenvalue weighted by Gasteiger charge is 2.08. The summed E-state index contributed by atoms with van der Waals surface area (Å²) in [5.41, 5.74) is 0. The second kappa shape index (κ2) is 9.16. The van der Waals surface area contributed by atoms with Crippen molar-refractivity contribution in [2.75, 3.05) is 33.5 Å². The smallest absolute Gasteiger partial charge is 0.485 e. The minimum Gasteiger partial charge on any atom is -0.485 e. The van der Waals surface area contributed by atoms with Gasteiger partial charge in [0, 0.05) is 0 Å². The Labute approximate surface area is 93.7 Å². The van der Waals surface area contributed by atoms with E-state index in [0.29, 0.717) is 0 Å². The molecule has 7 nitrogen and oxygen atoms in total. The summed E-state index contributed by atoms with van der Waals surface area (Å²) < 4.78 is 18.6. The van der Waals surface area contributed by atoms with Crippen LogP contribution in [-0.2, 0) is 23.7 Å². The molecule has 0 saturated carbocycles. The van der Waals surface area contributed by atoms with Crippen molar-refractivity contribution in [3.8, 4) is 0 Å². The molecule has 0 atom stereocenters. The van der Waals surface area contributed by atoms with Crippen LogP contribution in [0.4, 0.5) is 0 Å². The first kappa shape index (κ1) is 14.9. The van der Waals surface area contributed by atoms with Crippen LogP contribution in [0.2, 0.25) is 0 Å². The number of esters is 1. The minimum absolute atomic E-state index is 0.0512. The summed E-state index contributed by atoms with van der Waals surface area (Å²) in [7, 11) is -0.566. The van der Waals surface area contributed by atoms with Gasteiger partial charge in [-0.05, 0) is 6.58 Å². The number of rotatable bonds is 9. The molecule has 0 bridgehead atoms. The molecule has 92 valence electrons. The standard InChI is InChI=1S/C8H15BO7/c1-7(8(10)13-2)15-5-3-14-4-6-16-9(11)12/h11-12H,1,3-6H2,2H3. The van der Waals surface area contributed by atoms with Crippen LogP contribution in [0.3, 0.4) is 0 Å². The quantitative estimate of drug-likeness (QED) is 0.168. The number of carbonyl (C=O) groups is 1. The molecule has 0 spiro atoms. The van der Waals surface area contributed by atoms with E-state index >= 15 is 0 Å². The first-order chi connectivity index (χ1) is 7.57. The van der Waals surface area contributed by atoms with Crippen molar-refractivity contribution >= 4 is 13.3 Å². The second-order valence-electron chi connectivity index (χ2n) is 2.57. The zero-order chi connectivity index (χ0) is 12.4. The monoisotopic (exact) mass is 234 g/mol. The molecule has 0 fully saturated rings. The molecule has 0 aromatic heterocycles. The van der Waals surface area contributed by atoms with Crippen LogP contribution in [0.25, 0.3) is 0 Å². The maximum atomic E-state index is 10.8. The summed E-state index contributed by atoms with van der Waals surface area (Å²) in [5, 5.41) is 16.6. The third-order valence-corrected chi connectivity index (χ3v) is 1.41. The van der Waals surface area contributed by atoms with Gasteiger partial charge in [0.2, 0.25) is 0 Å². The van der Waals surface area contributed by atoms with Crippen LogP contribution in [0.15, 0.2) is 12.3 Å². The number of methoxy groups -OCH3 is 1. The Morgan fingerprint density at radius 2 is 1.88 bits per heavy atom. The van der Waals surface area contributed by atoms with Crippen LogP contribution in [0, 0.1) is 0 Å². The molecule has 0 heterocycles. The normalized spacial score (nSPS) is 9.69. The van der Waals surface area contributed by atoms with Crippen LogP contribution >= 0.6 is 0 Å². The predicted molar refractivity (Wildman–Crippen MR) is 54.1 cm³/mol. The SMILES string of the molecule is C=C(OCCOCCOB(O)O)C(=O)OC. The van der Waals surface area contributed by atoms with Gasteiger partial charge in [0.1, 0.15) is 6.61 Å². The lowest BCUT2D eigenvalue weighted by atomic mass is 10.3. The average molecular weight is 234 g/mol. The number of hydrogen-bond acceptors (Lipinski definition) is 7. The Morgan fingerprint density at radius 3 is 2.44 bits per heavy atom. The Morgan fingerprint density at radius 1 is 1.25 bits per heavy atom. The van der Waals surface area contributed by atoms with Gasteiger partial charge in [-0.3, -0.25) is 0 Å². The van der Waals surface area contributed by atoms with Crippen molar-refractivity contribution in [1.29, 1.82) is 0 Å². The summed E-state index contributed by atoms with van der Waals surface area (Å²) in [6.07, 6.45) is 0. The molecule has 0 aliphatic rings. The third-order valence-electron chi connectivity index (χ3n) is 1.41. The van der Waals surface area contributed by atoms with Crippen LogP contribution in [0.5, 0.6) is 0 Å². The number of ether oxygens (including phenoxy) is 3. The van der Waals surface area contributed by atoms with Crippen molar-refractivity contribution in [3.63, 3.8) is 0 Å². The Balaban J connectivity index is 3.27. The summed E-state index contributed by atoms with van der Waals surface area (Å²) in [4.78, 5) is 10.8. The lowest BCUT2D eigenvalue weighted by Crippen LogP contribution is -2.20. The summed E-state index contributed by atoms with van der Waals surface area (Å²) >= 11 is 0. The maximum Gasteiger partial charge on any atom is 0.633 e. The van der Waals surface area contributed by atoms with E-state index in [-0.39, 0.29) is 32.2 Å². The molecule has 0 amide bonds. The molecule has 16 heavy (non-hydrogen) atoms.